The molecule has 3 atom stereocenters. The Bertz CT molecular complexity index is 262. The summed E-state index contributed by atoms with van der Waals surface area (Å²) in [6, 6.07) is 1.63. The summed E-state index contributed by atoms with van der Waals surface area (Å²) in [6.45, 7) is 13.4. The van der Waals surface area contributed by atoms with Crippen LogP contribution in [0.15, 0.2) is 0 Å². The molecule has 2 nitrogen and oxygen atoms in total. The molecule has 1 aliphatic heterocycles. The molecular weight excluding hydrogens is 220 g/mol. The first-order valence-corrected chi connectivity index (χ1v) is 8.00. The van der Waals surface area contributed by atoms with Crippen LogP contribution in [-0.2, 0) is 0 Å². The fourth-order valence-electron chi connectivity index (χ4n) is 3.06. The van der Waals surface area contributed by atoms with Gasteiger partial charge in [-0.15, -0.1) is 0 Å². The van der Waals surface area contributed by atoms with Crippen molar-refractivity contribution in [2.45, 2.75) is 71.9 Å². The van der Waals surface area contributed by atoms with Crippen molar-refractivity contribution in [3.63, 3.8) is 0 Å². The molecule has 2 aliphatic rings. The van der Waals surface area contributed by atoms with E-state index in [-0.39, 0.29) is 0 Å². The Morgan fingerprint density at radius 3 is 2.50 bits per heavy atom. The number of nitrogens with zero attached hydrogens (tertiary/aromatic N) is 1. The molecule has 1 saturated heterocycles. The zero-order chi connectivity index (χ0) is 13.2. The first kappa shape index (κ1) is 14.3. The molecule has 1 heterocycles. The molecule has 2 fully saturated rings. The van der Waals surface area contributed by atoms with E-state index in [9.17, 15) is 0 Å². The minimum atomic E-state index is 0.452. The van der Waals surface area contributed by atoms with Crippen LogP contribution in [0.25, 0.3) is 0 Å². The Balaban J connectivity index is 1.86. The molecular formula is C16H32N2. The van der Waals surface area contributed by atoms with Gasteiger partial charge in [-0.3, -0.25) is 4.90 Å². The molecule has 0 bridgehead atoms. The average molecular weight is 252 g/mol. The summed E-state index contributed by atoms with van der Waals surface area (Å²) < 4.78 is 0. The van der Waals surface area contributed by atoms with E-state index in [1.54, 1.807) is 0 Å². The summed E-state index contributed by atoms with van der Waals surface area (Å²) in [5.41, 5.74) is 0.452. The number of piperidine rings is 1. The number of hydrogen-bond donors (Lipinski definition) is 1. The van der Waals surface area contributed by atoms with Crippen LogP contribution < -0.4 is 5.32 Å². The highest BCUT2D eigenvalue weighted by atomic mass is 15.2. The van der Waals surface area contributed by atoms with Crippen molar-refractivity contribution in [3.05, 3.63) is 0 Å². The predicted molar refractivity (Wildman–Crippen MR) is 78.9 cm³/mol. The topological polar surface area (TPSA) is 15.3 Å². The summed E-state index contributed by atoms with van der Waals surface area (Å²) in [4.78, 5) is 2.74. The normalized spacial score (nSPS) is 33.3. The summed E-state index contributed by atoms with van der Waals surface area (Å²) in [6.07, 6.45) is 6.88. The second-order valence-electron chi connectivity index (χ2n) is 7.28. The Hall–Kier alpha value is -0.0800. The van der Waals surface area contributed by atoms with Crippen molar-refractivity contribution in [1.82, 2.24) is 10.2 Å². The van der Waals surface area contributed by atoms with Crippen LogP contribution in [0.2, 0.25) is 0 Å². The molecule has 0 aromatic heterocycles. The second kappa shape index (κ2) is 5.92. The van der Waals surface area contributed by atoms with Gasteiger partial charge >= 0.3 is 0 Å². The number of likely N-dealkylation sites (tertiary alicyclic amines) is 1. The molecule has 1 saturated carbocycles. The van der Waals surface area contributed by atoms with Crippen molar-refractivity contribution >= 4 is 0 Å². The van der Waals surface area contributed by atoms with Crippen LogP contribution in [-0.4, -0.2) is 36.6 Å². The Morgan fingerprint density at radius 1 is 1.17 bits per heavy atom. The van der Waals surface area contributed by atoms with Gasteiger partial charge in [-0.1, -0.05) is 20.8 Å². The van der Waals surface area contributed by atoms with Crippen LogP contribution in [0.5, 0.6) is 0 Å². The Morgan fingerprint density at radius 2 is 1.89 bits per heavy atom. The third-order valence-corrected chi connectivity index (χ3v) is 5.08. The third-order valence-electron chi connectivity index (χ3n) is 5.08. The fraction of sp³-hybridized carbons (Fsp3) is 1.00. The largest absolute Gasteiger partial charge is 0.313 e. The van der Waals surface area contributed by atoms with E-state index in [0.29, 0.717) is 5.41 Å². The van der Waals surface area contributed by atoms with Gasteiger partial charge in [0, 0.05) is 31.7 Å². The highest BCUT2D eigenvalue weighted by Crippen LogP contribution is 2.29. The smallest absolute Gasteiger partial charge is 0.00684 e. The lowest BCUT2D eigenvalue weighted by atomic mass is 9.84. The van der Waals surface area contributed by atoms with Gasteiger partial charge < -0.3 is 5.32 Å². The highest BCUT2D eigenvalue weighted by molar-refractivity contribution is 4.88. The lowest BCUT2D eigenvalue weighted by molar-refractivity contribution is 0.0706. The molecule has 1 N–H and O–H groups in total. The van der Waals surface area contributed by atoms with Crippen molar-refractivity contribution in [1.29, 1.82) is 0 Å². The van der Waals surface area contributed by atoms with Gasteiger partial charge in [0.1, 0.15) is 0 Å². The third kappa shape index (κ3) is 3.96. The zero-order valence-electron chi connectivity index (χ0n) is 12.8. The van der Waals surface area contributed by atoms with Crippen LogP contribution in [0, 0.1) is 11.3 Å². The van der Waals surface area contributed by atoms with E-state index in [0.717, 1.165) is 18.0 Å². The zero-order valence-corrected chi connectivity index (χ0v) is 12.8. The van der Waals surface area contributed by atoms with E-state index in [1.165, 1.54) is 51.7 Å². The second-order valence-corrected chi connectivity index (χ2v) is 7.28. The first-order valence-electron chi connectivity index (χ1n) is 8.00. The van der Waals surface area contributed by atoms with Gasteiger partial charge in [0.15, 0.2) is 0 Å². The maximum absolute atomic E-state index is 3.74. The van der Waals surface area contributed by atoms with Gasteiger partial charge in [-0.2, -0.15) is 0 Å². The van der Waals surface area contributed by atoms with Crippen molar-refractivity contribution < 1.29 is 0 Å². The van der Waals surface area contributed by atoms with Crippen LogP contribution >= 0.6 is 0 Å². The molecule has 2 rings (SSSR count). The number of rotatable bonds is 6. The fourth-order valence-corrected chi connectivity index (χ4v) is 3.06. The summed E-state index contributed by atoms with van der Waals surface area (Å²) in [7, 11) is 0. The Labute approximate surface area is 114 Å². The van der Waals surface area contributed by atoms with E-state index >= 15 is 0 Å². The molecule has 2 heteroatoms. The summed E-state index contributed by atoms with van der Waals surface area (Å²) >= 11 is 0. The van der Waals surface area contributed by atoms with Crippen LogP contribution in [0.3, 0.4) is 0 Å². The quantitative estimate of drug-likeness (QED) is 0.780. The van der Waals surface area contributed by atoms with E-state index in [2.05, 4.69) is 37.9 Å². The summed E-state index contributed by atoms with van der Waals surface area (Å²) in [5, 5.41) is 3.74. The average Bonchev–Trinajstić information content (AvgIpc) is 3.15. The predicted octanol–water partition coefficient (Wildman–Crippen LogP) is 3.28. The standard InChI is InChI=1S/C16H32N2/c1-5-16(4,11-17-15-8-9-15)12-18-10-13(2)6-7-14(18)3/h13-15,17H,5-12H2,1-4H3. The van der Waals surface area contributed by atoms with Crippen molar-refractivity contribution in [2.75, 3.05) is 19.6 Å². The lowest BCUT2D eigenvalue weighted by Gasteiger charge is -2.42. The maximum atomic E-state index is 3.74. The number of hydrogen-bond acceptors (Lipinski definition) is 2. The molecule has 18 heavy (non-hydrogen) atoms. The van der Waals surface area contributed by atoms with Crippen molar-refractivity contribution in [3.8, 4) is 0 Å². The van der Waals surface area contributed by atoms with E-state index in [1.807, 2.05) is 0 Å². The van der Waals surface area contributed by atoms with Crippen molar-refractivity contribution in [2.24, 2.45) is 11.3 Å². The lowest BCUT2D eigenvalue weighted by Crippen LogP contribution is -2.49. The molecule has 0 aromatic carbocycles. The first-order chi connectivity index (χ1) is 8.52. The van der Waals surface area contributed by atoms with Gasteiger partial charge in [-0.05, 0) is 50.4 Å². The molecule has 106 valence electrons. The van der Waals surface area contributed by atoms with Crippen LogP contribution in [0.1, 0.15) is 59.8 Å². The molecule has 0 amide bonds. The van der Waals surface area contributed by atoms with E-state index in [4.69, 9.17) is 0 Å². The molecule has 0 radical (unpaired) electrons. The minimum Gasteiger partial charge on any atom is -0.313 e. The highest BCUT2D eigenvalue weighted by Gasteiger charge is 2.32. The van der Waals surface area contributed by atoms with Crippen LogP contribution in [0.4, 0.5) is 0 Å². The molecule has 3 unspecified atom stereocenters. The molecule has 0 aromatic rings. The van der Waals surface area contributed by atoms with E-state index < -0.39 is 0 Å². The molecule has 0 spiro atoms. The van der Waals surface area contributed by atoms with Gasteiger partial charge in [0.25, 0.3) is 0 Å². The van der Waals surface area contributed by atoms with Gasteiger partial charge in [-0.25, -0.2) is 0 Å². The minimum absolute atomic E-state index is 0.452. The molecule has 1 aliphatic carbocycles. The summed E-state index contributed by atoms with van der Waals surface area (Å²) in [5.74, 6) is 0.888. The monoisotopic (exact) mass is 252 g/mol. The SMILES string of the molecule is CCC(C)(CNC1CC1)CN1CC(C)CCC1C. The van der Waals surface area contributed by atoms with Gasteiger partial charge in [0.05, 0.1) is 0 Å². The van der Waals surface area contributed by atoms with Gasteiger partial charge in [0.2, 0.25) is 0 Å². The number of nitrogens with one attached hydrogen (secondary N) is 1. The maximum Gasteiger partial charge on any atom is 0.00684 e. The Kier molecular flexibility index (Phi) is 4.71.